The zero-order valence-corrected chi connectivity index (χ0v) is 9.03. The summed E-state index contributed by atoms with van der Waals surface area (Å²) in [5.41, 5.74) is 0.493. The standard InChI is InChI=1S/C10H13N5O/c1-2-3-4-12-10(16)8(6-11)5-9-7-13-15-14-9/h5,7H,2-4H2,1H3,(H,12,16)(H,13,14,15)/b8-5+. The van der Waals surface area contributed by atoms with Crippen molar-refractivity contribution in [1.29, 1.82) is 5.26 Å². The molecule has 6 nitrogen and oxygen atoms in total. The number of aromatic amines is 1. The van der Waals surface area contributed by atoms with E-state index in [1.807, 2.05) is 13.0 Å². The summed E-state index contributed by atoms with van der Waals surface area (Å²) in [7, 11) is 0. The molecule has 0 aliphatic rings. The summed E-state index contributed by atoms with van der Waals surface area (Å²) in [5.74, 6) is -0.376. The van der Waals surface area contributed by atoms with E-state index in [1.165, 1.54) is 12.3 Å². The third-order valence-electron chi connectivity index (χ3n) is 1.91. The molecule has 0 unspecified atom stereocenters. The maximum Gasteiger partial charge on any atom is 0.262 e. The minimum absolute atomic E-state index is 0.0324. The van der Waals surface area contributed by atoms with Gasteiger partial charge in [0, 0.05) is 6.54 Å². The number of nitriles is 1. The molecule has 1 aromatic heterocycles. The van der Waals surface area contributed by atoms with Gasteiger partial charge >= 0.3 is 0 Å². The number of carbonyl (C=O) groups excluding carboxylic acids is 1. The van der Waals surface area contributed by atoms with Gasteiger partial charge in [0.15, 0.2) is 0 Å². The van der Waals surface area contributed by atoms with Gasteiger partial charge in [0.05, 0.1) is 6.20 Å². The van der Waals surface area contributed by atoms with Gasteiger partial charge in [-0.15, -0.1) is 0 Å². The van der Waals surface area contributed by atoms with Gasteiger partial charge in [-0.05, 0) is 12.5 Å². The average molecular weight is 219 g/mol. The van der Waals surface area contributed by atoms with E-state index in [1.54, 1.807) is 0 Å². The molecule has 0 saturated heterocycles. The molecule has 1 heterocycles. The Morgan fingerprint density at radius 2 is 2.56 bits per heavy atom. The van der Waals surface area contributed by atoms with Gasteiger partial charge in [-0.2, -0.15) is 20.7 Å². The van der Waals surface area contributed by atoms with Crippen LogP contribution < -0.4 is 5.32 Å². The van der Waals surface area contributed by atoms with Gasteiger partial charge in [0.25, 0.3) is 5.91 Å². The van der Waals surface area contributed by atoms with Crippen molar-refractivity contribution in [3.8, 4) is 6.07 Å². The fraction of sp³-hybridized carbons (Fsp3) is 0.400. The van der Waals surface area contributed by atoms with Gasteiger partial charge in [0.1, 0.15) is 17.3 Å². The Kier molecular flexibility index (Phi) is 4.73. The summed E-state index contributed by atoms with van der Waals surface area (Å²) in [6.07, 6.45) is 4.73. The van der Waals surface area contributed by atoms with E-state index in [-0.39, 0.29) is 11.5 Å². The maximum absolute atomic E-state index is 11.5. The van der Waals surface area contributed by atoms with Crippen LogP contribution in [0.15, 0.2) is 11.8 Å². The SMILES string of the molecule is CCCCNC(=O)/C(C#N)=C/c1cn[nH]n1. The zero-order chi connectivity index (χ0) is 11.8. The number of unbranched alkanes of at least 4 members (excludes halogenated alkanes) is 1. The molecule has 2 N–H and O–H groups in total. The molecule has 1 rings (SSSR count). The molecular formula is C10H13N5O. The number of nitrogens with one attached hydrogen (secondary N) is 2. The summed E-state index contributed by atoms with van der Waals surface area (Å²) >= 11 is 0. The second-order valence-electron chi connectivity index (χ2n) is 3.17. The van der Waals surface area contributed by atoms with Crippen molar-refractivity contribution in [2.45, 2.75) is 19.8 Å². The predicted molar refractivity (Wildman–Crippen MR) is 57.9 cm³/mol. The highest BCUT2D eigenvalue weighted by atomic mass is 16.1. The molecule has 16 heavy (non-hydrogen) atoms. The van der Waals surface area contributed by atoms with Crippen LogP contribution in [0, 0.1) is 11.3 Å². The molecule has 0 saturated carbocycles. The largest absolute Gasteiger partial charge is 0.351 e. The van der Waals surface area contributed by atoms with Crippen molar-refractivity contribution in [1.82, 2.24) is 20.7 Å². The first-order chi connectivity index (χ1) is 7.77. The smallest absolute Gasteiger partial charge is 0.262 e. The number of aromatic nitrogens is 3. The molecule has 6 heteroatoms. The topological polar surface area (TPSA) is 94.5 Å². The van der Waals surface area contributed by atoms with E-state index in [2.05, 4.69) is 20.7 Å². The molecule has 0 aromatic carbocycles. The molecule has 84 valence electrons. The number of hydrogen-bond donors (Lipinski definition) is 2. The number of hydrogen-bond acceptors (Lipinski definition) is 4. The highest BCUT2D eigenvalue weighted by Gasteiger charge is 2.08. The summed E-state index contributed by atoms with van der Waals surface area (Å²) in [4.78, 5) is 11.5. The minimum Gasteiger partial charge on any atom is -0.351 e. The van der Waals surface area contributed by atoms with Crippen LogP contribution in [0.5, 0.6) is 0 Å². The summed E-state index contributed by atoms with van der Waals surface area (Å²) < 4.78 is 0. The number of amides is 1. The van der Waals surface area contributed by atoms with Crippen molar-refractivity contribution >= 4 is 12.0 Å². The Hall–Kier alpha value is -2.16. The Labute approximate surface area is 93.4 Å². The first-order valence-corrected chi connectivity index (χ1v) is 5.03. The lowest BCUT2D eigenvalue weighted by Crippen LogP contribution is -2.25. The van der Waals surface area contributed by atoms with Gasteiger partial charge in [-0.1, -0.05) is 13.3 Å². The van der Waals surface area contributed by atoms with E-state index in [4.69, 9.17) is 5.26 Å². The van der Waals surface area contributed by atoms with Crippen molar-refractivity contribution in [3.05, 3.63) is 17.5 Å². The fourth-order valence-electron chi connectivity index (χ4n) is 1.05. The van der Waals surface area contributed by atoms with Gasteiger partial charge < -0.3 is 5.32 Å². The van der Waals surface area contributed by atoms with E-state index in [0.29, 0.717) is 12.2 Å². The van der Waals surface area contributed by atoms with Crippen LogP contribution in [0.1, 0.15) is 25.5 Å². The number of nitrogens with zero attached hydrogens (tertiary/aromatic N) is 3. The Bertz CT molecular complexity index is 401. The lowest BCUT2D eigenvalue weighted by molar-refractivity contribution is -0.117. The van der Waals surface area contributed by atoms with Gasteiger partial charge in [-0.3, -0.25) is 4.79 Å². The molecule has 0 atom stereocenters. The Morgan fingerprint density at radius 3 is 3.12 bits per heavy atom. The van der Waals surface area contributed by atoms with E-state index >= 15 is 0 Å². The van der Waals surface area contributed by atoms with Crippen LogP contribution in [0.2, 0.25) is 0 Å². The van der Waals surface area contributed by atoms with Crippen LogP contribution in [0.25, 0.3) is 6.08 Å². The minimum atomic E-state index is -0.376. The average Bonchev–Trinajstić information content (AvgIpc) is 2.78. The van der Waals surface area contributed by atoms with Crippen LogP contribution in [-0.4, -0.2) is 27.9 Å². The second kappa shape index (κ2) is 6.35. The molecule has 0 radical (unpaired) electrons. The molecule has 1 aromatic rings. The Morgan fingerprint density at radius 1 is 1.75 bits per heavy atom. The van der Waals surface area contributed by atoms with Crippen molar-refractivity contribution in [2.24, 2.45) is 0 Å². The third kappa shape index (κ3) is 3.53. The number of carbonyl (C=O) groups is 1. The van der Waals surface area contributed by atoms with Crippen molar-refractivity contribution < 1.29 is 4.79 Å². The summed E-state index contributed by atoms with van der Waals surface area (Å²) in [6.45, 7) is 2.61. The normalized spacial score (nSPS) is 10.9. The molecule has 0 aliphatic heterocycles. The van der Waals surface area contributed by atoms with Gasteiger partial charge in [-0.25, -0.2) is 0 Å². The maximum atomic E-state index is 11.5. The number of H-pyrrole nitrogens is 1. The van der Waals surface area contributed by atoms with Crippen LogP contribution in [0.4, 0.5) is 0 Å². The zero-order valence-electron chi connectivity index (χ0n) is 9.03. The molecule has 0 bridgehead atoms. The quantitative estimate of drug-likeness (QED) is 0.431. The Balaban J connectivity index is 2.61. The van der Waals surface area contributed by atoms with Crippen LogP contribution in [-0.2, 0) is 4.79 Å². The highest BCUT2D eigenvalue weighted by Crippen LogP contribution is 2.01. The summed E-state index contributed by atoms with van der Waals surface area (Å²) in [5, 5.41) is 21.2. The third-order valence-corrected chi connectivity index (χ3v) is 1.91. The number of rotatable bonds is 5. The van der Waals surface area contributed by atoms with Crippen molar-refractivity contribution in [2.75, 3.05) is 6.54 Å². The molecular weight excluding hydrogens is 206 g/mol. The second-order valence-corrected chi connectivity index (χ2v) is 3.17. The van der Waals surface area contributed by atoms with E-state index in [0.717, 1.165) is 12.8 Å². The van der Waals surface area contributed by atoms with Crippen LogP contribution >= 0.6 is 0 Å². The van der Waals surface area contributed by atoms with Gasteiger partial charge in [0.2, 0.25) is 0 Å². The van der Waals surface area contributed by atoms with Crippen molar-refractivity contribution in [3.63, 3.8) is 0 Å². The molecule has 0 spiro atoms. The monoisotopic (exact) mass is 219 g/mol. The molecule has 0 aliphatic carbocycles. The molecule has 0 fully saturated rings. The predicted octanol–water partition coefficient (Wildman–Crippen LogP) is 0.628. The molecule has 1 amide bonds. The first kappa shape index (κ1) is 11.9. The highest BCUT2D eigenvalue weighted by molar-refractivity contribution is 6.01. The van der Waals surface area contributed by atoms with E-state index < -0.39 is 0 Å². The lowest BCUT2D eigenvalue weighted by atomic mass is 10.2. The summed E-state index contributed by atoms with van der Waals surface area (Å²) in [6, 6.07) is 1.83. The first-order valence-electron chi connectivity index (χ1n) is 5.03. The lowest BCUT2D eigenvalue weighted by Gasteiger charge is -2.01. The van der Waals surface area contributed by atoms with E-state index in [9.17, 15) is 4.79 Å². The van der Waals surface area contributed by atoms with Crippen LogP contribution in [0.3, 0.4) is 0 Å². The fourth-order valence-corrected chi connectivity index (χ4v) is 1.05.